The molecule has 27 heavy (non-hydrogen) atoms. The Bertz CT molecular complexity index is 962. The van der Waals surface area contributed by atoms with Crippen molar-refractivity contribution >= 4 is 34.7 Å². The summed E-state index contributed by atoms with van der Waals surface area (Å²) in [4.78, 5) is 20.1. The molecule has 0 fully saturated rings. The third-order valence-corrected chi connectivity index (χ3v) is 5.77. The summed E-state index contributed by atoms with van der Waals surface area (Å²) in [6.45, 7) is 3.88. The molecule has 138 valence electrons. The second kappa shape index (κ2) is 7.66. The van der Waals surface area contributed by atoms with Crippen molar-refractivity contribution in [1.82, 2.24) is 15.2 Å². The zero-order valence-electron chi connectivity index (χ0n) is 15.0. The van der Waals surface area contributed by atoms with Gasteiger partial charge in [-0.15, -0.1) is 21.5 Å². The molecule has 2 aromatic heterocycles. The maximum absolute atomic E-state index is 12.9. The van der Waals surface area contributed by atoms with Crippen LogP contribution in [0, 0.1) is 0 Å². The molecule has 0 aliphatic carbocycles. The zero-order valence-corrected chi connectivity index (χ0v) is 16.6. The summed E-state index contributed by atoms with van der Waals surface area (Å²) < 4.78 is 6.29. The predicted molar refractivity (Wildman–Crippen MR) is 107 cm³/mol. The average molecular weight is 399 g/mol. The Morgan fingerprint density at radius 3 is 2.81 bits per heavy atom. The maximum Gasteiger partial charge on any atom is 0.247 e. The van der Waals surface area contributed by atoms with Crippen molar-refractivity contribution in [3.8, 4) is 17.1 Å². The summed E-state index contributed by atoms with van der Waals surface area (Å²) in [5.41, 5.74) is 2.11. The second-order valence-corrected chi connectivity index (χ2v) is 8.01. The molecule has 0 radical (unpaired) electrons. The molecule has 1 amide bonds. The molecular weight excluding hydrogens is 380 g/mol. The van der Waals surface area contributed by atoms with Crippen molar-refractivity contribution in [3.63, 3.8) is 0 Å². The fourth-order valence-electron chi connectivity index (χ4n) is 2.96. The molecule has 0 saturated carbocycles. The van der Waals surface area contributed by atoms with Crippen molar-refractivity contribution in [1.29, 1.82) is 0 Å². The Hall–Kier alpha value is -2.45. The van der Waals surface area contributed by atoms with Crippen LogP contribution in [-0.4, -0.2) is 26.8 Å². The number of benzene rings is 1. The summed E-state index contributed by atoms with van der Waals surface area (Å²) in [6, 6.07) is 11.6. The van der Waals surface area contributed by atoms with E-state index in [1.807, 2.05) is 55.6 Å². The molecule has 1 atom stereocenters. The number of amides is 1. The van der Waals surface area contributed by atoms with Crippen LogP contribution in [0.25, 0.3) is 11.3 Å². The number of anilines is 1. The number of hydrogen-bond acceptors (Lipinski definition) is 7. The van der Waals surface area contributed by atoms with E-state index in [0.717, 1.165) is 21.9 Å². The highest BCUT2D eigenvalue weighted by molar-refractivity contribution is 7.99. The lowest BCUT2D eigenvalue weighted by molar-refractivity contribution is -0.120. The van der Waals surface area contributed by atoms with Crippen molar-refractivity contribution in [2.45, 2.75) is 31.7 Å². The van der Waals surface area contributed by atoms with Crippen LogP contribution < -0.4 is 9.64 Å². The molecule has 0 spiro atoms. The first kappa shape index (κ1) is 17.9. The molecule has 8 heteroatoms. The number of rotatable bonds is 4. The number of carbonyl (C=O) groups is 1. The Kier molecular flexibility index (Phi) is 5.09. The quantitative estimate of drug-likeness (QED) is 0.601. The van der Waals surface area contributed by atoms with Crippen LogP contribution in [-0.2, 0) is 4.79 Å². The third kappa shape index (κ3) is 3.30. The van der Waals surface area contributed by atoms with Crippen LogP contribution in [0.2, 0.25) is 0 Å². The van der Waals surface area contributed by atoms with Crippen molar-refractivity contribution in [3.05, 3.63) is 46.7 Å². The fourth-order valence-corrected chi connectivity index (χ4v) is 4.21. The summed E-state index contributed by atoms with van der Waals surface area (Å²) in [5.74, 6) is 1.22. The van der Waals surface area contributed by atoms with Gasteiger partial charge in [0.05, 0.1) is 10.6 Å². The van der Waals surface area contributed by atoms with E-state index in [4.69, 9.17) is 4.74 Å². The van der Waals surface area contributed by atoms with Gasteiger partial charge in [-0.25, -0.2) is 0 Å². The molecular formula is C19H18N4O2S2. The Balaban J connectivity index is 1.94. The van der Waals surface area contributed by atoms with Crippen LogP contribution in [0.3, 0.4) is 0 Å². The van der Waals surface area contributed by atoms with Gasteiger partial charge in [0, 0.05) is 12.0 Å². The number of thiophene rings is 1. The van der Waals surface area contributed by atoms with Gasteiger partial charge in [0.1, 0.15) is 0 Å². The monoisotopic (exact) mass is 398 g/mol. The lowest BCUT2D eigenvalue weighted by atomic mass is 10.1. The Morgan fingerprint density at radius 1 is 1.22 bits per heavy atom. The summed E-state index contributed by atoms with van der Waals surface area (Å²) in [7, 11) is 0. The fraction of sp³-hybridized carbons (Fsp3) is 0.263. The molecule has 3 aromatic rings. The van der Waals surface area contributed by atoms with E-state index >= 15 is 0 Å². The second-order valence-electron chi connectivity index (χ2n) is 5.80. The van der Waals surface area contributed by atoms with Gasteiger partial charge in [-0.05, 0) is 23.3 Å². The molecule has 0 N–H and O–H groups in total. The number of ether oxygens (including phenoxy) is 1. The topological polar surface area (TPSA) is 68.2 Å². The summed E-state index contributed by atoms with van der Waals surface area (Å²) in [6.07, 6.45) is -0.220. The summed E-state index contributed by atoms with van der Waals surface area (Å²) in [5, 5.41) is 11.1. The van der Waals surface area contributed by atoms with E-state index in [9.17, 15) is 4.79 Å². The van der Waals surface area contributed by atoms with Crippen LogP contribution >= 0.6 is 23.1 Å². The molecule has 1 aromatic carbocycles. The number of para-hydroxylation sites is 1. The number of fused-ring (bicyclic) bond motifs is 3. The van der Waals surface area contributed by atoms with Crippen LogP contribution in [0.4, 0.5) is 5.69 Å². The normalized spacial score (nSPS) is 15.5. The number of carbonyl (C=O) groups excluding carboxylic acids is 1. The van der Waals surface area contributed by atoms with E-state index in [0.29, 0.717) is 23.2 Å². The number of nitrogens with zero attached hydrogens (tertiary/aromatic N) is 4. The van der Waals surface area contributed by atoms with Gasteiger partial charge in [0.15, 0.2) is 5.69 Å². The van der Waals surface area contributed by atoms with Gasteiger partial charge in [0.2, 0.25) is 23.2 Å². The summed E-state index contributed by atoms with van der Waals surface area (Å²) >= 11 is 3.05. The largest absolute Gasteiger partial charge is 0.446 e. The molecule has 1 aliphatic heterocycles. The molecule has 0 bridgehead atoms. The van der Waals surface area contributed by atoms with Gasteiger partial charge in [-0.1, -0.05) is 49.9 Å². The lowest BCUT2D eigenvalue weighted by Gasteiger charge is -2.29. The van der Waals surface area contributed by atoms with Gasteiger partial charge in [0.25, 0.3) is 0 Å². The Morgan fingerprint density at radius 2 is 2.07 bits per heavy atom. The SMILES string of the molecule is CCSc1nnc2c(n1)O[C@@H](c1cccs1)N(C(=O)CC)c1ccccc1-2. The highest BCUT2D eigenvalue weighted by Gasteiger charge is 2.35. The standard InChI is InChI=1S/C19H18N4O2S2/c1-3-15(24)23-13-9-6-5-8-12(13)16-17(20-19(22-21-16)26-4-2)25-18(23)14-10-7-11-27-14/h5-11,18H,3-4H2,1-2H3/t18-/m0/s1. The van der Waals surface area contributed by atoms with Crippen LogP contribution in [0.15, 0.2) is 46.9 Å². The first-order valence-corrected chi connectivity index (χ1v) is 10.6. The smallest absolute Gasteiger partial charge is 0.247 e. The molecule has 6 nitrogen and oxygen atoms in total. The predicted octanol–water partition coefficient (Wildman–Crippen LogP) is 4.55. The maximum atomic E-state index is 12.9. The minimum atomic E-state index is -0.587. The van der Waals surface area contributed by atoms with Crippen LogP contribution in [0.5, 0.6) is 5.88 Å². The van der Waals surface area contributed by atoms with E-state index < -0.39 is 6.23 Å². The van der Waals surface area contributed by atoms with Gasteiger partial charge in [-0.3, -0.25) is 9.69 Å². The average Bonchev–Trinajstić information content (AvgIpc) is 3.18. The van der Waals surface area contributed by atoms with E-state index in [2.05, 4.69) is 15.2 Å². The molecule has 0 saturated heterocycles. The van der Waals surface area contributed by atoms with E-state index in [1.165, 1.54) is 11.8 Å². The molecule has 1 aliphatic rings. The van der Waals surface area contributed by atoms with Crippen molar-refractivity contribution < 1.29 is 9.53 Å². The van der Waals surface area contributed by atoms with E-state index in [1.54, 1.807) is 16.2 Å². The number of thioether (sulfide) groups is 1. The van der Waals surface area contributed by atoms with Crippen LogP contribution in [0.1, 0.15) is 31.4 Å². The minimum Gasteiger partial charge on any atom is -0.446 e. The van der Waals surface area contributed by atoms with E-state index in [-0.39, 0.29) is 5.91 Å². The molecule has 4 rings (SSSR count). The molecule has 3 heterocycles. The Labute approximate surface area is 165 Å². The first-order valence-electron chi connectivity index (χ1n) is 8.72. The molecule has 0 unspecified atom stereocenters. The highest BCUT2D eigenvalue weighted by atomic mass is 32.2. The lowest BCUT2D eigenvalue weighted by Crippen LogP contribution is -2.36. The first-order chi connectivity index (χ1) is 13.2. The zero-order chi connectivity index (χ0) is 18.8. The van der Waals surface area contributed by atoms with Gasteiger partial charge >= 0.3 is 0 Å². The third-order valence-electron chi connectivity index (χ3n) is 4.14. The number of aromatic nitrogens is 3. The minimum absolute atomic E-state index is 0.0234. The highest BCUT2D eigenvalue weighted by Crippen LogP contribution is 2.44. The van der Waals surface area contributed by atoms with Gasteiger partial charge < -0.3 is 4.74 Å². The van der Waals surface area contributed by atoms with Crippen molar-refractivity contribution in [2.24, 2.45) is 0 Å². The number of hydrogen-bond donors (Lipinski definition) is 0. The van der Waals surface area contributed by atoms with Gasteiger partial charge in [-0.2, -0.15) is 4.98 Å². The van der Waals surface area contributed by atoms with Crippen molar-refractivity contribution in [2.75, 3.05) is 10.7 Å².